The Morgan fingerprint density at radius 3 is 2.93 bits per heavy atom. The number of likely N-dealkylation sites (tertiary alicyclic amines) is 2. The van der Waals surface area contributed by atoms with Crippen LogP contribution in [0.5, 0.6) is 0 Å². The molecule has 3 aliphatic heterocycles. The van der Waals surface area contributed by atoms with Gasteiger partial charge in [0.15, 0.2) is 0 Å². The Bertz CT molecular complexity index is 789. The van der Waals surface area contributed by atoms with Crippen LogP contribution in [0.1, 0.15) is 24.8 Å². The van der Waals surface area contributed by atoms with Crippen LogP contribution < -0.4 is 5.32 Å². The molecule has 0 unspecified atom stereocenters. The molecule has 1 N–H and O–H groups in total. The van der Waals surface area contributed by atoms with E-state index in [0.29, 0.717) is 19.0 Å². The van der Waals surface area contributed by atoms with Crippen LogP contribution >= 0.6 is 0 Å². The first-order valence-electron chi connectivity index (χ1n) is 10.0. The van der Waals surface area contributed by atoms with E-state index in [1.807, 2.05) is 9.80 Å². The molecule has 4 heterocycles. The van der Waals surface area contributed by atoms with Gasteiger partial charge < -0.3 is 19.9 Å². The van der Waals surface area contributed by atoms with Gasteiger partial charge in [-0.05, 0) is 43.2 Å². The van der Waals surface area contributed by atoms with Gasteiger partial charge in [-0.3, -0.25) is 9.78 Å². The standard InChI is InChI=1S/C20H25FN4O3/c21-15-4-13(7-22-8-15)3-14-5-20(6-14)11-25(12-20)19(27)24-2-1-17-16(9-24)23-18(26)10-28-17/h4,7-8,14,16-17H,1-3,5-6,9-12H2,(H,23,26)/t16-,17+/m1/s1. The van der Waals surface area contributed by atoms with Gasteiger partial charge >= 0.3 is 6.03 Å². The number of rotatable bonds is 2. The van der Waals surface area contributed by atoms with Gasteiger partial charge in [0.1, 0.15) is 12.4 Å². The van der Waals surface area contributed by atoms with E-state index >= 15 is 0 Å². The number of morpholine rings is 1. The number of ether oxygens (including phenoxy) is 1. The molecule has 3 saturated heterocycles. The summed E-state index contributed by atoms with van der Waals surface area (Å²) in [6.07, 6.45) is 6.78. The van der Waals surface area contributed by atoms with Crippen molar-refractivity contribution in [2.75, 3.05) is 32.8 Å². The van der Waals surface area contributed by atoms with Crippen molar-refractivity contribution >= 4 is 11.9 Å². The Morgan fingerprint density at radius 2 is 2.14 bits per heavy atom. The maximum absolute atomic E-state index is 13.3. The van der Waals surface area contributed by atoms with Gasteiger partial charge in [-0.2, -0.15) is 0 Å². The van der Waals surface area contributed by atoms with E-state index in [9.17, 15) is 14.0 Å². The summed E-state index contributed by atoms with van der Waals surface area (Å²) in [4.78, 5) is 32.0. The smallest absolute Gasteiger partial charge is 0.320 e. The highest BCUT2D eigenvalue weighted by Gasteiger charge is 2.54. The molecular weight excluding hydrogens is 363 g/mol. The number of amides is 3. The molecule has 1 spiro atoms. The van der Waals surface area contributed by atoms with Crippen molar-refractivity contribution in [2.45, 2.75) is 37.8 Å². The maximum atomic E-state index is 13.3. The second kappa shape index (κ2) is 6.69. The molecule has 0 aromatic carbocycles. The molecule has 0 bridgehead atoms. The average molecular weight is 388 g/mol. The van der Waals surface area contributed by atoms with Crippen molar-refractivity contribution in [3.05, 3.63) is 29.8 Å². The fourth-order valence-electron chi connectivity index (χ4n) is 5.44. The number of urea groups is 1. The predicted molar refractivity (Wildman–Crippen MR) is 97.9 cm³/mol. The second-order valence-electron chi connectivity index (χ2n) is 8.89. The molecule has 4 aliphatic rings. The lowest BCUT2D eigenvalue weighted by Gasteiger charge is -2.60. The van der Waals surface area contributed by atoms with Crippen LogP contribution in [0.25, 0.3) is 0 Å². The number of nitrogens with one attached hydrogen (secondary N) is 1. The summed E-state index contributed by atoms with van der Waals surface area (Å²) >= 11 is 0. The van der Waals surface area contributed by atoms with Crippen molar-refractivity contribution in [1.82, 2.24) is 20.1 Å². The fraction of sp³-hybridized carbons (Fsp3) is 0.650. The van der Waals surface area contributed by atoms with Crippen molar-refractivity contribution in [3.63, 3.8) is 0 Å². The van der Waals surface area contributed by atoms with E-state index in [4.69, 9.17) is 4.74 Å². The van der Waals surface area contributed by atoms with Crippen molar-refractivity contribution in [2.24, 2.45) is 11.3 Å². The quantitative estimate of drug-likeness (QED) is 0.826. The lowest BCUT2D eigenvalue weighted by atomic mass is 9.56. The lowest BCUT2D eigenvalue weighted by molar-refractivity contribution is -0.140. The SMILES string of the molecule is O=C1CO[C@H]2CCN(C(=O)N3CC4(CC(Cc5cncc(F)c5)C4)C3)C[C@H]2N1. The van der Waals surface area contributed by atoms with Crippen LogP contribution in [0.3, 0.4) is 0 Å². The molecule has 4 fully saturated rings. The van der Waals surface area contributed by atoms with E-state index in [0.717, 1.165) is 44.3 Å². The summed E-state index contributed by atoms with van der Waals surface area (Å²) < 4.78 is 18.8. The van der Waals surface area contributed by atoms with Crippen LogP contribution in [-0.2, 0) is 16.0 Å². The lowest BCUT2D eigenvalue weighted by Crippen LogP contribution is -2.68. The Kier molecular flexibility index (Phi) is 4.26. The average Bonchev–Trinajstić information content (AvgIpc) is 2.61. The van der Waals surface area contributed by atoms with Gasteiger partial charge in [-0.15, -0.1) is 0 Å². The van der Waals surface area contributed by atoms with Crippen molar-refractivity contribution in [1.29, 1.82) is 0 Å². The second-order valence-corrected chi connectivity index (χ2v) is 8.89. The third-order valence-electron chi connectivity index (χ3n) is 6.65. The molecule has 2 atom stereocenters. The zero-order valence-electron chi connectivity index (χ0n) is 15.8. The van der Waals surface area contributed by atoms with Gasteiger partial charge in [0.05, 0.1) is 18.3 Å². The van der Waals surface area contributed by atoms with E-state index in [1.54, 1.807) is 12.3 Å². The molecule has 1 aromatic rings. The zero-order chi connectivity index (χ0) is 19.3. The zero-order valence-corrected chi connectivity index (χ0v) is 15.8. The van der Waals surface area contributed by atoms with Gasteiger partial charge in [-0.25, -0.2) is 9.18 Å². The van der Waals surface area contributed by atoms with Crippen LogP contribution in [0.2, 0.25) is 0 Å². The Labute approximate surface area is 163 Å². The number of aromatic nitrogens is 1. The number of piperidine rings is 1. The van der Waals surface area contributed by atoms with Gasteiger partial charge in [-0.1, -0.05) is 0 Å². The molecule has 8 heteroatoms. The molecule has 7 nitrogen and oxygen atoms in total. The van der Waals surface area contributed by atoms with Gasteiger partial charge in [0, 0.05) is 37.8 Å². The fourth-order valence-corrected chi connectivity index (χ4v) is 5.44. The number of carbonyl (C=O) groups excluding carboxylic acids is 2. The van der Waals surface area contributed by atoms with E-state index in [2.05, 4.69) is 10.3 Å². The highest BCUT2D eigenvalue weighted by Crippen LogP contribution is 2.53. The topological polar surface area (TPSA) is 74.8 Å². The molecule has 0 radical (unpaired) electrons. The first kappa shape index (κ1) is 17.8. The Morgan fingerprint density at radius 1 is 1.32 bits per heavy atom. The van der Waals surface area contributed by atoms with Crippen LogP contribution in [0.4, 0.5) is 9.18 Å². The molecule has 1 saturated carbocycles. The first-order valence-corrected chi connectivity index (χ1v) is 10.0. The summed E-state index contributed by atoms with van der Waals surface area (Å²) in [5.74, 6) is 0.161. The number of halogens is 1. The van der Waals surface area contributed by atoms with E-state index in [-0.39, 0.29) is 41.9 Å². The number of pyridine rings is 1. The maximum Gasteiger partial charge on any atom is 0.320 e. The molecule has 5 rings (SSSR count). The van der Waals surface area contributed by atoms with Gasteiger partial charge in [0.2, 0.25) is 5.91 Å². The van der Waals surface area contributed by atoms with Crippen molar-refractivity contribution < 1.29 is 18.7 Å². The van der Waals surface area contributed by atoms with Crippen LogP contribution in [0.15, 0.2) is 18.5 Å². The number of fused-ring (bicyclic) bond motifs is 1. The summed E-state index contributed by atoms with van der Waals surface area (Å²) in [5, 5.41) is 2.94. The summed E-state index contributed by atoms with van der Waals surface area (Å²) in [6.45, 7) is 2.92. The van der Waals surface area contributed by atoms with Crippen LogP contribution in [-0.4, -0.2) is 71.7 Å². The third-order valence-corrected chi connectivity index (χ3v) is 6.65. The summed E-state index contributed by atoms with van der Waals surface area (Å²) in [6, 6.07) is 1.54. The molecule has 1 aliphatic carbocycles. The largest absolute Gasteiger partial charge is 0.366 e. The van der Waals surface area contributed by atoms with E-state index < -0.39 is 0 Å². The molecule has 150 valence electrons. The summed E-state index contributed by atoms with van der Waals surface area (Å²) in [5.41, 5.74) is 1.20. The molecule has 1 aromatic heterocycles. The highest BCUT2D eigenvalue weighted by molar-refractivity contribution is 5.79. The predicted octanol–water partition coefficient (Wildman–Crippen LogP) is 1.18. The number of carbonyl (C=O) groups is 2. The molecule has 28 heavy (non-hydrogen) atoms. The highest BCUT2D eigenvalue weighted by atomic mass is 19.1. The molecular formula is C20H25FN4O3. The normalized spacial score (nSPS) is 29.0. The monoisotopic (exact) mass is 388 g/mol. The minimum absolute atomic E-state index is 0.0224. The Hall–Kier alpha value is -2.22. The van der Waals surface area contributed by atoms with E-state index in [1.165, 1.54) is 6.20 Å². The molecule has 3 amide bonds. The van der Waals surface area contributed by atoms with Crippen molar-refractivity contribution in [3.8, 4) is 0 Å². The first-order chi connectivity index (χ1) is 13.5. The number of hydrogen-bond acceptors (Lipinski definition) is 4. The Balaban J connectivity index is 1.10. The van der Waals surface area contributed by atoms with Gasteiger partial charge in [0.25, 0.3) is 0 Å². The minimum Gasteiger partial charge on any atom is -0.366 e. The van der Waals surface area contributed by atoms with Crippen LogP contribution in [0, 0.1) is 17.2 Å². The third kappa shape index (κ3) is 3.23. The number of hydrogen-bond donors (Lipinski definition) is 1. The summed E-state index contributed by atoms with van der Waals surface area (Å²) in [7, 11) is 0. The minimum atomic E-state index is -0.282. The number of nitrogens with zero attached hydrogens (tertiary/aromatic N) is 3.